The van der Waals surface area contributed by atoms with E-state index in [1.165, 1.54) is 0 Å². The predicted molar refractivity (Wildman–Crippen MR) is 86.0 cm³/mol. The van der Waals surface area contributed by atoms with Gasteiger partial charge in [-0.3, -0.25) is 0 Å². The van der Waals surface area contributed by atoms with E-state index in [-0.39, 0.29) is 0 Å². The van der Waals surface area contributed by atoms with Crippen LogP contribution in [0.15, 0.2) is 42.5 Å². The molecule has 0 atom stereocenters. The molecular weight excluding hydrogens is 296 g/mol. The highest BCUT2D eigenvalue weighted by Gasteiger charge is 2.18. The number of nitriles is 1. The maximum Gasteiger partial charge on any atom is 0.191 e. The lowest BCUT2D eigenvalue weighted by molar-refractivity contribution is 0.802. The number of nitrogens with zero attached hydrogens (tertiary/aromatic N) is 4. The molecule has 0 aliphatic carbocycles. The molecule has 0 bridgehead atoms. The molecule has 0 unspecified atom stereocenters. The summed E-state index contributed by atoms with van der Waals surface area (Å²) in [6.07, 6.45) is 0. The lowest BCUT2D eigenvalue weighted by Gasteiger charge is -2.11. The highest BCUT2D eigenvalue weighted by Crippen LogP contribution is 2.29. The number of halogens is 1. The van der Waals surface area contributed by atoms with E-state index in [1.54, 1.807) is 4.68 Å². The van der Waals surface area contributed by atoms with Crippen molar-refractivity contribution in [3.8, 4) is 23.0 Å². The van der Waals surface area contributed by atoms with Gasteiger partial charge in [0.2, 0.25) is 0 Å². The minimum Gasteiger partial charge on any atom is -0.211 e. The van der Waals surface area contributed by atoms with Gasteiger partial charge in [-0.05, 0) is 37.6 Å². The van der Waals surface area contributed by atoms with E-state index >= 15 is 0 Å². The summed E-state index contributed by atoms with van der Waals surface area (Å²) in [5.41, 5.74) is 4.70. The Bertz CT molecular complexity index is 890. The second kappa shape index (κ2) is 5.63. The lowest BCUT2D eigenvalue weighted by Crippen LogP contribution is -2.02. The molecule has 0 saturated heterocycles. The maximum atomic E-state index is 9.34. The second-order valence-corrected chi connectivity index (χ2v) is 5.47. The number of aryl methyl sites for hydroxylation is 1. The summed E-state index contributed by atoms with van der Waals surface area (Å²) in [7, 11) is 0. The van der Waals surface area contributed by atoms with Crippen LogP contribution < -0.4 is 0 Å². The summed E-state index contributed by atoms with van der Waals surface area (Å²) in [5, 5.41) is 18.1. The van der Waals surface area contributed by atoms with Crippen molar-refractivity contribution in [1.82, 2.24) is 15.0 Å². The smallest absolute Gasteiger partial charge is 0.191 e. The van der Waals surface area contributed by atoms with Gasteiger partial charge in [0.25, 0.3) is 0 Å². The summed E-state index contributed by atoms with van der Waals surface area (Å²) < 4.78 is 1.68. The number of hydrogen-bond donors (Lipinski definition) is 0. The minimum absolute atomic E-state index is 0.296. The second-order valence-electron chi connectivity index (χ2n) is 5.06. The predicted octanol–water partition coefficient (Wildman–Crippen LogP) is 4.08. The van der Waals surface area contributed by atoms with Crippen LogP contribution in [0.2, 0.25) is 5.02 Å². The van der Waals surface area contributed by atoms with Crippen molar-refractivity contribution in [3.05, 3.63) is 64.3 Å². The SMILES string of the molecule is Cc1cccc(-c2c(C#N)nnn2-c2cccc(Cl)c2C)c1. The Hall–Kier alpha value is -2.64. The van der Waals surface area contributed by atoms with Gasteiger partial charge in [-0.2, -0.15) is 5.26 Å². The Kier molecular flexibility index (Phi) is 3.66. The third kappa shape index (κ3) is 2.36. The Morgan fingerprint density at radius 3 is 2.64 bits per heavy atom. The molecule has 0 aliphatic rings. The fourth-order valence-corrected chi connectivity index (χ4v) is 2.57. The quantitative estimate of drug-likeness (QED) is 0.717. The molecule has 108 valence electrons. The first kappa shape index (κ1) is 14.3. The third-order valence-corrected chi connectivity index (χ3v) is 3.94. The van der Waals surface area contributed by atoms with Gasteiger partial charge in [-0.25, -0.2) is 4.68 Å². The van der Waals surface area contributed by atoms with Gasteiger partial charge in [0.05, 0.1) is 5.69 Å². The Morgan fingerprint density at radius 2 is 1.91 bits per heavy atom. The molecule has 1 heterocycles. The van der Waals surface area contributed by atoms with Crippen molar-refractivity contribution < 1.29 is 0 Å². The Balaban J connectivity index is 2.29. The fourth-order valence-electron chi connectivity index (χ4n) is 2.40. The van der Waals surface area contributed by atoms with Gasteiger partial charge in [0, 0.05) is 10.6 Å². The number of hydrogen-bond acceptors (Lipinski definition) is 3. The van der Waals surface area contributed by atoms with Crippen molar-refractivity contribution >= 4 is 11.6 Å². The number of benzene rings is 2. The zero-order valence-corrected chi connectivity index (χ0v) is 13.0. The van der Waals surface area contributed by atoms with Crippen LogP contribution in [0.1, 0.15) is 16.8 Å². The fraction of sp³-hybridized carbons (Fsp3) is 0.118. The molecule has 3 rings (SSSR count). The van der Waals surface area contributed by atoms with E-state index in [9.17, 15) is 5.26 Å². The highest BCUT2D eigenvalue weighted by atomic mass is 35.5. The summed E-state index contributed by atoms with van der Waals surface area (Å²) >= 11 is 6.20. The first-order chi connectivity index (χ1) is 10.6. The standard InChI is InChI=1S/C17H13ClN4/c1-11-5-3-6-13(9-11)17-15(10-19)20-21-22(17)16-8-4-7-14(18)12(16)2/h3-9H,1-2H3. The molecule has 0 saturated carbocycles. The number of rotatable bonds is 2. The Labute approximate surface area is 133 Å². The van der Waals surface area contributed by atoms with E-state index in [2.05, 4.69) is 16.4 Å². The molecule has 0 radical (unpaired) electrons. The van der Waals surface area contributed by atoms with Crippen LogP contribution in [0.4, 0.5) is 0 Å². The molecule has 0 fully saturated rings. The lowest BCUT2D eigenvalue weighted by atomic mass is 10.1. The summed E-state index contributed by atoms with van der Waals surface area (Å²) in [4.78, 5) is 0. The largest absolute Gasteiger partial charge is 0.211 e. The molecule has 4 nitrogen and oxygen atoms in total. The summed E-state index contributed by atoms with van der Waals surface area (Å²) in [6.45, 7) is 3.93. The van der Waals surface area contributed by atoms with Gasteiger partial charge < -0.3 is 0 Å². The van der Waals surface area contributed by atoms with E-state index < -0.39 is 0 Å². The zero-order valence-electron chi connectivity index (χ0n) is 12.2. The molecular formula is C17H13ClN4. The van der Waals surface area contributed by atoms with Crippen molar-refractivity contribution in [2.24, 2.45) is 0 Å². The molecule has 2 aromatic carbocycles. The van der Waals surface area contributed by atoms with Crippen LogP contribution in [-0.4, -0.2) is 15.0 Å². The van der Waals surface area contributed by atoms with E-state index in [1.807, 2.05) is 56.3 Å². The minimum atomic E-state index is 0.296. The zero-order chi connectivity index (χ0) is 15.7. The molecule has 0 N–H and O–H groups in total. The van der Waals surface area contributed by atoms with Crippen molar-refractivity contribution in [2.45, 2.75) is 13.8 Å². The van der Waals surface area contributed by atoms with Crippen LogP contribution in [-0.2, 0) is 0 Å². The van der Waals surface area contributed by atoms with Gasteiger partial charge in [0.1, 0.15) is 11.8 Å². The van der Waals surface area contributed by atoms with Gasteiger partial charge in [-0.1, -0.05) is 46.6 Å². The van der Waals surface area contributed by atoms with Crippen LogP contribution in [0.5, 0.6) is 0 Å². The topological polar surface area (TPSA) is 54.5 Å². The van der Waals surface area contributed by atoms with Gasteiger partial charge in [-0.15, -0.1) is 5.10 Å². The van der Waals surface area contributed by atoms with E-state index in [0.717, 1.165) is 22.4 Å². The van der Waals surface area contributed by atoms with Crippen molar-refractivity contribution in [1.29, 1.82) is 5.26 Å². The van der Waals surface area contributed by atoms with Crippen LogP contribution in [0, 0.1) is 25.2 Å². The number of aromatic nitrogens is 3. The van der Waals surface area contributed by atoms with Crippen molar-refractivity contribution in [3.63, 3.8) is 0 Å². The molecule has 0 aliphatic heterocycles. The van der Waals surface area contributed by atoms with Crippen LogP contribution in [0.3, 0.4) is 0 Å². The highest BCUT2D eigenvalue weighted by molar-refractivity contribution is 6.31. The normalized spacial score (nSPS) is 10.5. The third-order valence-electron chi connectivity index (χ3n) is 3.53. The molecule has 0 amide bonds. The summed E-state index contributed by atoms with van der Waals surface area (Å²) in [6, 6.07) is 15.6. The molecule has 3 aromatic rings. The maximum absolute atomic E-state index is 9.34. The van der Waals surface area contributed by atoms with E-state index in [4.69, 9.17) is 11.6 Å². The van der Waals surface area contributed by atoms with Crippen LogP contribution >= 0.6 is 11.6 Å². The molecule has 0 spiro atoms. The molecule has 5 heteroatoms. The average molecular weight is 309 g/mol. The monoisotopic (exact) mass is 308 g/mol. The van der Waals surface area contributed by atoms with Gasteiger partial charge in [0.15, 0.2) is 5.69 Å². The summed E-state index contributed by atoms with van der Waals surface area (Å²) in [5.74, 6) is 0. The van der Waals surface area contributed by atoms with Crippen LogP contribution in [0.25, 0.3) is 16.9 Å². The molecule has 1 aromatic heterocycles. The average Bonchev–Trinajstić information content (AvgIpc) is 2.93. The van der Waals surface area contributed by atoms with Gasteiger partial charge >= 0.3 is 0 Å². The first-order valence-corrected chi connectivity index (χ1v) is 7.18. The Morgan fingerprint density at radius 1 is 1.14 bits per heavy atom. The molecule has 22 heavy (non-hydrogen) atoms. The van der Waals surface area contributed by atoms with Crippen molar-refractivity contribution in [2.75, 3.05) is 0 Å². The van der Waals surface area contributed by atoms with E-state index in [0.29, 0.717) is 16.4 Å². The first-order valence-electron chi connectivity index (χ1n) is 6.80.